The molecule has 6 aliphatic heterocycles. The Morgan fingerprint density at radius 3 is 1.48 bits per heavy atom. The van der Waals surface area contributed by atoms with Crippen LogP contribution in [0.4, 0.5) is 56.9 Å². The zero-order valence-corrected chi connectivity index (χ0v) is 74.6. The highest BCUT2D eigenvalue weighted by atomic mass is 127. The molecule has 8 aromatic rings. The molecule has 7 N–H and O–H groups in total. The molecule has 14 rings (SSSR count). The molecule has 2 aromatic heterocycles. The van der Waals surface area contributed by atoms with Crippen molar-refractivity contribution >= 4 is 240 Å². The Labute approximate surface area is 738 Å². The summed E-state index contributed by atoms with van der Waals surface area (Å²) in [6.45, 7) is 6.44. The monoisotopic (exact) mass is 2020 g/mol. The molecule has 0 spiro atoms. The first-order valence-corrected chi connectivity index (χ1v) is 52.7. The highest BCUT2D eigenvalue weighted by Crippen LogP contribution is 2.69. The van der Waals surface area contributed by atoms with Crippen LogP contribution in [0, 0.1) is 50.6 Å². The zero-order chi connectivity index (χ0) is 83.2. The van der Waals surface area contributed by atoms with Crippen molar-refractivity contribution in [1.82, 2.24) is 19.1 Å². The largest absolute Gasteiger partial charge is 0.485 e. The number of nitrogen functional groups attached to an aromatic ring is 1. The number of thiocarbonyl (C=S) groups is 1. The number of halogens is 1. The number of hydrogen-bond acceptors (Lipinski definition) is 30. The van der Waals surface area contributed by atoms with E-state index in [2.05, 4.69) is 58.5 Å². The fraction of sp³-hybridized carbons (Fsp3) is 0.303. The number of nitrogens with one attached hydrogen (secondary N) is 3. The number of non-ortho nitro benzene ring substituents is 5. The number of carbonyl (C=O) groups excluding carboxylic acids is 1. The number of nitrogens with two attached hydrogens (primary N) is 2. The fourth-order valence-corrected chi connectivity index (χ4v) is 44.5. The summed E-state index contributed by atoms with van der Waals surface area (Å²) >= 11 is 21.7. The number of carbonyl (C=O) groups is 1. The van der Waals surface area contributed by atoms with E-state index in [9.17, 15) is 55.4 Å². The highest BCUT2D eigenvalue weighted by molar-refractivity contribution is 14.1. The molecule has 0 bridgehead atoms. The fourth-order valence-electron chi connectivity index (χ4n) is 9.02. The average molecular weight is 2020 g/mol. The van der Waals surface area contributed by atoms with E-state index < -0.39 is 24.6 Å². The number of hydrogen-bond donors (Lipinski definition) is 5. The molecule has 0 saturated carbocycles. The zero-order valence-electron chi connectivity index (χ0n) is 59.9. The van der Waals surface area contributed by atoms with E-state index in [0.717, 1.165) is 48.6 Å². The van der Waals surface area contributed by atoms with Crippen molar-refractivity contribution in [1.29, 1.82) is 0 Å². The van der Waals surface area contributed by atoms with Crippen molar-refractivity contribution in [2.24, 2.45) is 15.7 Å². The van der Waals surface area contributed by atoms with Gasteiger partial charge < -0.3 is 70.0 Å². The number of alkyl halides is 1. The quantitative estimate of drug-likeness (QED) is 0.00986. The molecule has 52 heteroatoms. The third kappa shape index (κ3) is 34.2. The number of amides is 1. The lowest BCUT2D eigenvalue weighted by atomic mass is 10.2. The average Bonchev–Trinajstić information content (AvgIpc) is 1.61. The molecule has 0 aliphatic carbocycles. The molecule has 638 valence electrons. The Bertz CT molecular complexity index is 5160. The molecule has 6 aliphatic rings. The highest BCUT2D eigenvalue weighted by Gasteiger charge is 2.24. The summed E-state index contributed by atoms with van der Waals surface area (Å²) in [6.07, 6.45) is 6.86. The molecule has 118 heavy (non-hydrogen) atoms. The van der Waals surface area contributed by atoms with E-state index in [1.807, 2.05) is 57.2 Å². The Morgan fingerprint density at radius 2 is 1.00 bits per heavy atom. The number of imidazole rings is 2. The van der Waals surface area contributed by atoms with E-state index in [0.29, 0.717) is 114 Å². The summed E-state index contributed by atoms with van der Waals surface area (Å²) in [7, 11) is 20.0. The third-order valence-corrected chi connectivity index (χ3v) is 48.2. The van der Waals surface area contributed by atoms with Crippen molar-refractivity contribution in [2.45, 2.75) is 69.2 Å². The number of nitro groups is 5. The Morgan fingerprint density at radius 1 is 0.576 bits per heavy atom. The van der Waals surface area contributed by atoms with Gasteiger partial charge in [0.15, 0.2) is 24.5 Å². The maximum atomic E-state index is 10.9. The van der Waals surface area contributed by atoms with Gasteiger partial charge in [0.05, 0.1) is 78.4 Å². The van der Waals surface area contributed by atoms with E-state index in [1.54, 1.807) is 113 Å². The molecule has 1 unspecified atom stereocenters. The topological polar surface area (TPSA) is 464 Å². The van der Waals surface area contributed by atoms with Gasteiger partial charge in [-0.2, -0.15) is 0 Å². The molecule has 1 amide bonds. The van der Waals surface area contributed by atoms with Crippen LogP contribution in [-0.2, 0) is 130 Å². The lowest BCUT2D eigenvalue weighted by Crippen LogP contribution is -2.27. The predicted octanol–water partition coefficient (Wildman–Crippen LogP) is 16.2. The summed E-state index contributed by atoms with van der Waals surface area (Å²) in [6, 6.07) is 27.4. The van der Waals surface area contributed by atoms with Gasteiger partial charge in [0.2, 0.25) is 0 Å². The third-order valence-electron chi connectivity index (χ3n) is 14.2. The van der Waals surface area contributed by atoms with Crippen LogP contribution in [-0.4, -0.2) is 144 Å². The van der Waals surface area contributed by atoms with Crippen LogP contribution in [0.1, 0.15) is 55.2 Å². The minimum Gasteiger partial charge on any atom is -0.485 e. The van der Waals surface area contributed by atoms with Gasteiger partial charge >= 0.3 is 0 Å². The molecular formula is C66H81IN16O20P4S11. The first kappa shape index (κ1) is 106. The minimum absolute atomic E-state index is 0. The molecule has 8 heterocycles. The summed E-state index contributed by atoms with van der Waals surface area (Å²) in [5, 5.41) is 61.1. The van der Waals surface area contributed by atoms with E-state index in [4.69, 9.17) is 101 Å². The predicted molar refractivity (Wildman–Crippen MR) is 506 cm³/mol. The van der Waals surface area contributed by atoms with Crippen LogP contribution in [0.3, 0.4) is 0 Å². The summed E-state index contributed by atoms with van der Waals surface area (Å²) in [5.74, 6) is 5.69. The summed E-state index contributed by atoms with van der Waals surface area (Å²) in [5.41, 5.74) is 16.1. The number of fused-ring (bicyclic) bond motifs is 10. The van der Waals surface area contributed by atoms with Crippen molar-refractivity contribution in [3.8, 4) is 45.9 Å². The van der Waals surface area contributed by atoms with Crippen molar-refractivity contribution < 1.29 is 72.0 Å². The van der Waals surface area contributed by atoms with Gasteiger partial charge in [0, 0.05) is 140 Å². The smallest absolute Gasteiger partial charge is 0.271 e. The molecule has 1 atom stereocenters. The minimum atomic E-state index is -0.527. The van der Waals surface area contributed by atoms with E-state index >= 15 is 0 Å². The molecule has 36 nitrogen and oxygen atoms in total. The second-order valence-corrected chi connectivity index (χ2v) is 47.9. The number of amidine groups is 1. The number of nitrogens with zero attached hydrogens (tertiary/aromatic N) is 11. The van der Waals surface area contributed by atoms with Crippen molar-refractivity contribution in [2.75, 3.05) is 87.5 Å². The number of aliphatic imine (C=N–C) groups is 2. The van der Waals surface area contributed by atoms with Crippen LogP contribution in [0.2, 0.25) is 0 Å². The molecule has 6 aromatic carbocycles. The second kappa shape index (κ2) is 56.5. The van der Waals surface area contributed by atoms with E-state index in [1.165, 1.54) is 82.7 Å². The number of anilines is 4. The van der Waals surface area contributed by atoms with Gasteiger partial charge in [-0.3, -0.25) is 74.5 Å². The Hall–Kier alpha value is -8.06. The maximum absolute atomic E-state index is 10.9. The lowest BCUT2D eigenvalue weighted by molar-refractivity contribution is -0.385. The van der Waals surface area contributed by atoms with Crippen molar-refractivity contribution in [3.05, 3.63) is 196 Å². The van der Waals surface area contributed by atoms with Gasteiger partial charge in [0.1, 0.15) is 84.0 Å². The second-order valence-electron chi connectivity index (χ2n) is 21.6. The molecular weight excluding hydrogens is 1940 g/mol. The lowest BCUT2D eigenvalue weighted by Gasteiger charge is -2.20. The van der Waals surface area contributed by atoms with Crippen molar-refractivity contribution in [3.63, 3.8) is 0 Å². The van der Waals surface area contributed by atoms with Gasteiger partial charge in [-0.15, -0.1) is 0 Å². The normalized spacial score (nSPS) is 13.0. The van der Waals surface area contributed by atoms with Gasteiger partial charge in [0.25, 0.3) is 34.3 Å². The van der Waals surface area contributed by atoms with Gasteiger partial charge in [-0.25, -0.2) is 9.97 Å². The number of methoxy groups -OCH3 is 3. The van der Waals surface area contributed by atoms with Crippen LogP contribution in [0.15, 0.2) is 144 Å². The van der Waals surface area contributed by atoms with Crippen LogP contribution in [0.25, 0.3) is 11.4 Å². The number of rotatable bonds is 14. The first-order valence-electron chi connectivity index (χ1n) is 31.6. The van der Waals surface area contributed by atoms with E-state index in [-0.39, 0.29) is 90.0 Å². The number of nitro benzene ring substituents is 5. The molecule has 0 radical (unpaired) electrons. The number of aromatic nitrogens is 4. The standard InChI is InChI=1S/C12H15N3O4.C10H7N3O3.C10H9N3O.C9H8N2O3.C8H6N2O4.C8H6N2O3S.C4H11NO2.CH3I.4CH4.P4S10/c1-8(18-2)6-13-12-7-19-11-4-3-9(15(16)17)5-10(11)14-12;14-13(15)7-1-2-9-8(5-7)12-4-3-11-10(12)6-16-9;11-7-1-2-9-8(5-7)13-4-3-12-10(13)6-14-9;1-6-5-14-9-3-2-7(11(12)13)4-8(9)10-6;11-8-4-14-7-2-1-5(10(12)13)3-6(7)9-8;11-10(12)5-1-2-7-6(3-5)9-8(14)4-13-7;1-6-4(3-5)7-2;1-2;;;;;5-1-4(2-6)3-8-10-12-14-13-11-9-7/h3-5,8H,6-7H2,1-2H3,(H,13,14);1-5H,6H2;1-5H,6,11H2;2-4H,5H2,1H3;1-3H,4H2,(H,9,11);1-3H,4H2,(H,9,14);4H,3,5H2,1-2H3;1H3;4*1H4;. The maximum Gasteiger partial charge on any atom is 0.271 e. The molecule has 0 fully saturated rings. The van der Waals surface area contributed by atoms with Crippen LogP contribution >= 0.6 is 62.9 Å². The number of ether oxygens (including phenoxy) is 9. The molecule has 0 saturated heterocycles. The summed E-state index contributed by atoms with van der Waals surface area (Å²) in [4.78, 5) is 80.6. The SMILES string of the molecule is C.C.C.C.CC1=Nc2cc([N+](=O)[O-])ccc2OC1.CI.COC(C)CN=C1COc2ccc([N+](=O)[O-])cc2N1.COC(CN)OC.Nc1ccc2c(c1)-n1ccnc1CO2.O=C1COc2ccc([N+](=O)[O-])cc2N1.O=[N+]([O-])c1ccc2c(c1)-n1ccnc1CO2.O=[N+]([O-])c1ccc2c(c1)NC(=S)CO2.S=PP(P=S)P=S=S=S=S=S=S=S=S. The summed E-state index contributed by atoms with van der Waals surface area (Å²) < 4.78 is 50.3. The van der Waals surface area contributed by atoms with Crippen LogP contribution < -0.4 is 55.8 Å². The first-order chi connectivity index (χ1) is 54.9. The number of benzene rings is 6. The Balaban J connectivity index is 0.000000457. The van der Waals surface area contributed by atoms with Crippen LogP contribution in [0.5, 0.6) is 34.5 Å². The van der Waals surface area contributed by atoms with Gasteiger partial charge in [-0.05, 0) is 141 Å². The Kier molecular flexibility index (Phi) is 50.7. The van der Waals surface area contributed by atoms with Gasteiger partial charge in [-0.1, -0.05) is 88.1 Å².